The van der Waals surface area contributed by atoms with Crippen LogP contribution in [0.2, 0.25) is 0 Å². The third-order valence-electron chi connectivity index (χ3n) is 17.6. The first-order valence-corrected chi connectivity index (χ1v) is 31.0. The number of hydrogen-bond donors (Lipinski definition) is 2. The number of aryl methyl sites for hydroxylation is 1. The summed E-state index contributed by atoms with van der Waals surface area (Å²) in [6, 6.07) is 47.9. The topological polar surface area (TPSA) is 78.0 Å². The van der Waals surface area contributed by atoms with Crippen LogP contribution in [0.15, 0.2) is 133 Å². The van der Waals surface area contributed by atoms with Crippen LogP contribution in [-0.4, -0.2) is 38.7 Å². The lowest BCUT2D eigenvalue weighted by molar-refractivity contribution is 0.131. The molecular formula is C79H94N2O5. The minimum atomic E-state index is -0.332. The molecule has 8 aromatic carbocycles. The monoisotopic (exact) mass is 1150 g/mol. The lowest BCUT2D eigenvalue weighted by Gasteiger charge is -2.26. The van der Waals surface area contributed by atoms with Crippen molar-refractivity contribution in [2.45, 2.75) is 197 Å². The lowest BCUT2D eigenvalue weighted by Crippen LogP contribution is -2.23. The molecule has 2 N–H and O–H groups in total. The smallest absolute Gasteiger partial charge is 0.147 e. The molecule has 7 nitrogen and oxygen atoms in total. The van der Waals surface area contributed by atoms with Gasteiger partial charge in [-0.15, -0.1) is 0 Å². The molecule has 7 heteroatoms. The molecule has 10 rings (SSSR count). The second kappa shape index (κ2) is 21.6. The van der Waals surface area contributed by atoms with Gasteiger partial charge in [0.2, 0.25) is 0 Å². The Morgan fingerprint density at radius 1 is 0.360 bits per heavy atom. The largest absolute Gasteiger partial charge is 0.505 e. The number of fused-ring (bicyclic) bond motifs is 6. The fraction of sp³-hybridized carbons (Fsp3) is 0.392. The molecule has 450 valence electrons. The number of ether oxygens (including phenoxy) is 3. The summed E-state index contributed by atoms with van der Waals surface area (Å²) in [5.74, 6) is 2.27. The van der Waals surface area contributed by atoms with Crippen molar-refractivity contribution in [2.24, 2.45) is 0 Å². The van der Waals surface area contributed by atoms with Crippen molar-refractivity contribution >= 4 is 43.6 Å². The van der Waals surface area contributed by atoms with Gasteiger partial charge in [-0.05, 0) is 190 Å². The summed E-state index contributed by atoms with van der Waals surface area (Å²) in [5.41, 5.74) is 15.9. The van der Waals surface area contributed by atoms with Crippen molar-refractivity contribution in [1.82, 2.24) is 9.13 Å². The van der Waals surface area contributed by atoms with E-state index in [2.05, 4.69) is 264 Å². The van der Waals surface area contributed by atoms with Gasteiger partial charge in [0.1, 0.15) is 28.7 Å². The van der Waals surface area contributed by atoms with E-state index in [4.69, 9.17) is 14.2 Å². The van der Waals surface area contributed by atoms with Crippen LogP contribution in [-0.2, 0) is 32.5 Å². The molecule has 0 radical (unpaired) electrons. The summed E-state index contributed by atoms with van der Waals surface area (Å²) in [6.07, 6.45) is -0.119. The highest BCUT2D eigenvalue weighted by molar-refractivity contribution is 6.11. The highest BCUT2D eigenvalue weighted by atomic mass is 16.5. The van der Waals surface area contributed by atoms with E-state index in [0.717, 1.165) is 77.1 Å². The predicted molar refractivity (Wildman–Crippen MR) is 364 cm³/mol. The van der Waals surface area contributed by atoms with Crippen LogP contribution < -0.4 is 14.2 Å². The molecular weight excluding hydrogens is 1060 g/mol. The maximum absolute atomic E-state index is 13.0. The van der Waals surface area contributed by atoms with Gasteiger partial charge in [-0.2, -0.15) is 0 Å². The lowest BCUT2D eigenvalue weighted by atomic mass is 9.84. The number of benzene rings is 8. The third kappa shape index (κ3) is 11.7. The minimum absolute atomic E-state index is 0.0504. The summed E-state index contributed by atoms with van der Waals surface area (Å²) in [7, 11) is 1.67. The van der Waals surface area contributed by atoms with E-state index in [-0.39, 0.29) is 56.2 Å². The van der Waals surface area contributed by atoms with Gasteiger partial charge in [-0.3, -0.25) is 0 Å². The zero-order valence-corrected chi connectivity index (χ0v) is 55.6. The molecule has 0 amide bonds. The fourth-order valence-corrected chi connectivity index (χ4v) is 12.2. The van der Waals surface area contributed by atoms with Crippen molar-refractivity contribution in [1.29, 1.82) is 0 Å². The molecule has 86 heavy (non-hydrogen) atoms. The van der Waals surface area contributed by atoms with Gasteiger partial charge >= 0.3 is 0 Å². The van der Waals surface area contributed by atoms with Gasteiger partial charge in [-0.1, -0.05) is 161 Å². The Balaban J connectivity index is 1.03. The number of phenolic OH excluding ortho intramolecular Hbond substituents is 2. The minimum Gasteiger partial charge on any atom is -0.505 e. The van der Waals surface area contributed by atoms with Crippen molar-refractivity contribution in [3.63, 3.8) is 0 Å². The summed E-state index contributed by atoms with van der Waals surface area (Å²) < 4.78 is 24.5. The first-order valence-electron chi connectivity index (χ1n) is 31.0. The number of rotatable bonds is 11. The third-order valence-corrected chi connectivity index (χ3v) is 17.6. The Morgan fingerprint density at radius 2 is 0.674 bits per heavy atom. The summed E-state index contributed by atoms with van der Waals surface area (Å²) in [6.45, 7) is 46.7. The molecule has 0 aliphatic rings. The van der Waals surface area contributed by atoms with Gasteiger partial charge in [0.25, 0.3) is 0 Å². The number of nitrogens with zero attached hydrogens (tertiary/aromatic N) is 2. The summed E-state index contributed by atoms with van der Waals surface area (Å²) >= 11 is 0. The number of methoxy groups -OCH3 is 1. The van der Waals surface area contributed by atoms with Gasteiger partial charge in [-0.25, -0.2) is 0 Å². The average molecular weight is 1150 g/mol. The Hall–Kier alpha value is -7.64. The molecule has 10 aromatic rings. The molecule has 0 fully saturated rings. The summed E-state index contributed by atoms with van der Waals surface area (Å²) in [5, 5.41) is 30.7. The van der Waals surface area contributed by atoms with E-state index >= 15 is 0 Å². The van der Waals surface area contributed by atoms with Crippen molar-refractivity contribution in [3.8, 4) is 62.4 Å². The maximum Gasteiger partial charge on any atom is 0.147 e. The van der Waals surface area contributed by atoms with E-state index in [9.17, 15) is 10.2 Å². The highest BCUT2D eigenvalue weighted by Crippen LogP contribution is 2.49. The van der Waals surface area contributed by atoms with Gasteiger partial charge in [0, 0.05) is 50.2 Å². The number of phenols is 2. The Kier molecular flexibility index (Phi) is 15.5. The van der Waals surface area contributed by atoms with E-state index in [0.29, 0.717) is 40.5 Å². The van der Waals surface area contributed by atoms with Gasteiger partial charge in [0.05, 0.1) is 52.8 Å². The zero-order chi connectivity index (χ0) is 62.7. The van der Waals surface area contributed by atoms with Gasteiger partial charge in [0.15, 0.2) is 0 Å². The maximum atomic E-state index is 13.0. The molecule has 2 atom stereocenters. The van der Waals surface area contributed by atoms with E-state index in [1.54, 1.807) is 7.11 Å². The summed E-state index contributed by atoms with van der Waals surface area (Å²) in [4.78, 5) is 0. The Labute approximate surface area is 513 Å². The Morgan fingerprint density at radius 3 is 0.988 bits per heavy atom. The number of hydrogen-bond acceptors (Lipinski definition) is 5. The fourth-order valence-electron chi connectivity index (χ4n) is 12.2. The van der Waals surface area contributed by atoms with Crippen LogP contribution >= 0.6 is 0 Å². The standard InChI is InChI=1S/C79H94N2O5/c1-46-23-33-70(60(35-46)62-41-53(78(16,17)18)43-68(72(62)82)80-64-29-24-49(74(4,5)6)37-56(64)57-38-50(75(7,8)9)25-30-65(57)80)85-47(2)36-48(3)86-71-34-28-55(84-22)45-61(71)63-42-54(79(19,20)21)44-69(73(63)83)81-66-31-26-51(76(10,11)12)39-58(66)59-40-52(77(13,14)15)27-32-67(59)81/h23-35,37-45,47-48,82-83H,36H2,1-22H3/t47-,48+/m1/s1. The first kappa shape index (κ1) is 61.4. The van der Waals surface area contributed by atoms with Crippen molar-refractivity contribution < 1.29 is 24.4 Å². The zero-order valence-electron chi connectivity index (χ0n) is 55.6. The molecule has 0 saturated heterocycles. The molecule has 2 heterocycles. The quantitative estimate of drug-likeness (QED) is 0.135. The van der Waals surface area contributed by atoms with Crippen LogP contribution in [0.1, 0.15) is 184 Å². The SMILES string of the molecule is COc1ccc(O[C@@H](C)C[C@@H](C)Oc2ccc(C)cc2-c2cc(C(C)(C)C)cc(-n3c4ccc(C(C)(C)C)cc4c4cc(C(C)(C)C)ccc43)c2O)c(-c2cc(C(C)(C)C)cc(-n3c4ccc(C(C)(C)C)cc4c4cc(C(C)(C)C)ccc43)c2O)c1. The van der Waals surface area contributed by atoms with Crippen molar-refractivity contribution in [2.75, 3.05) is 7.11 Å². The molecule has 0 unspecified atom stereocenters. The predicted octanol–water partition coefficient (Wildman–Crippen LogP) is 21.4. The van der Waals surface area contributed by atoms with Crippen LogP contribution in [0.4, 0.5) is 0 Å². The first-order chi connectivity index (χ1) is 39.9. The normalized spacial score (nSPS) is 13.7. The van der Waals surface area contributed by atoms with Gasteiger partial charge < -0.3 is 33.6 Å². The second-order valence-electron chi connectivity index (χ2n) is 30.8. The second-order valence-corrected chi connectivity index (χ2v) is 30.8. The van der Waals surface area contributed by atoms with E-state index < -0.39 is 0 Å². The average Bonchev–Trinajstić information content (AvgIpc) is 1.57. The van der Waals surface area contributed by atoms with E-state index in [1.807, 2.05) is 24.3 Å². The number of aromatic nitrogens is 2. The Bertz CT molecular complexity index is 4110. The van der Waals surface area contributed by atoms with Crippen LogP contribution in [0.25, 0.3) is 77.2 Å². The molecule has 0 saturated carbocycles. The highest BCUT2D eigenvalue weighted by Gasteiger charge is 2.30. The molecule has 0 bridgehead atoms. The molecule has 2 aromatic heterocycles. The van der Waals surface area contributed by atoms with Crippen LogP contribution in [0, 0.1) is 6.92 Å². The van der Waals surface area contributed by atoms with Crippen LogP contribution in [0.3, 0.4) is 0 Å². The van der Waals surface area contributed by atoms with Crippen molar-refractivity contribution in [3.05, 3.63) is 172 Å². The number of aromatic hydroxyl groups is 2. The molecule has 0 aliphatic heterocycles. The van der Waals surface area contributed by atoms with E-state index in [1.165, 1.54) is 22.3 Å². The van der Waals surface area contributed by atoms with Crippen LogP contribution in [0.5, 0.6) is 28.7 Å². The molecule has 0 spiro atoms. The molecule has 0 aliphatic carbocycles.